The van der Waals surface area contributed by atoms with E-state index in [0.717, 1.165) is 24.3 Å². The lowest BCUT2D eigenvalue weighted by molar-refractivity contribution is -0.137. The molecule has 0 aliphatic carbocycles. The number of benzene rings is 3. The van der Waals surface area contributed by atoms with Gasteiger partial charge < -0.3 is 15.4 Å². The normalized spacial score (nSPS) is 10.9. The van der Waals surface area contributed by atoms with Gasteiger partial charge in [0.25, 0.3) is 11.8 Å². The molecule has 0 aromatic heterocycles. The molecule has 164 valence electrons. The molecule has 9 heteroatoms. The van der Waals surface area contributed by atoms with Gasteiger partial charge in [-0.25, -0.2) is 0 Å². The Morgan fingerprint density at radius 3 is 1.78 bits per heavy atom. The van der Waals surface area contributed by atoms with E-state index in [0.29, 0.717) is 11.4 Å². The van der Waals surface area contributed by atoms with Gasteiger partial charge in [-0.2, -0.15) is 13.2 Å². The molecule has 3 aromatic carbocycles. The maximum Gasteiger partial charge on any atom is 0.416 e. The number of amides is 2. The third-order valence-electron chi connectivity index (χ3n) is 4.23. The molecule has 0 aliphatic heterocycles. The Kier molecular flexibility index (Phi) is 6.58. The lowest BCUT2D eigenvalue weighted by Crippen LogP contribution is -2.14. The highest BCUT2D eigenvalue weighted by atomic mass is 19.4. The highest BCUT2D eigenvalue weighted by Crippen LogP contribution is 2.29. The van der Waals surface area contributed by atoms with Crippen LogP contribution in [0.1, 0.15) is 33.2 Å². The molecular weight excluding hydrogens is 425 g/mol. The Labute approximate surface area is 181 Å². The summed E-state index contributed by atoms with van der Waals surface area (Å²) in [5, 5.41) is 5.25. The van der Waals surface area contributed by atoms with Crippen LogP contribution in [0.15, 0.2) is 72.8 Å². The van der Waals surface area contributed by atoms with Gasteiger partial charge >= 0.3 is 12.1 Å². The number of alkyl halides is 3. The van der Waals surface area contributed by atoms with Crippen molar-refractivity contribution in [1.82, 2.24) is 0 Å². The fourth-order valence-corrected chi connectivity index (χ4v) is 2.72. The van der Waals surface area contributed by atoms with Gasteiger partial charge in [0.05, 0.1) is 5.56 Å². The Balaban J connectivity index is 1.62. The highest BCUT2D eigenvalue weighted by molar-refractivity contribution is 6.06. The van der Waals surface area contributed by atoms with Crippen LogP contribution in [0.25, 0.3) is 0 Å². The van der Waals surface area contributed by atoms with Crippen LogP contribution in [-0.2, 0) is 11.0 Å². The van der Waals surface area contributed by atoms with Crippen LogP contribution in [0.4, 0.5) is 24.5 Å². The second kappa shape index (κ2) is 9.34. The van der Waals surface area contributed by atoms with Crippen LogP contribution in [-0.4, -0.2) is 17.8 Å². The maximum absolute atomic E-state index is 12.6. The molecule has 0 fully saturated rings. The molecule has 2 N–H and O–H groups in total. The van der Waals surface area contributed by atoms with Gasteiger partial charge in [-0.1, -0.05) is 6.07 Å². The van der Waals surface area contributed by atoms with E-state index in [1.807, 2.05) is 0 Å². The first-order valence-electron chi connectivity index (χ1n) is 9.30. The average Bonchev–Trinajstić information content (AvgIpc) is 2.74. The summed E-state index contributed by atoms with van der Waals surface area (Å²) in [7, 11) is 0. The van der Waals surface area contributed by atoms with Crippen molar-refractivity contribution in [2.75, 3.05) is 10.6 Å². The third-order valence-corrected chi connectivity index (χ3v) is 4.23. The van der Waals surface area contributed by atoms with Crippen molar-refractivity contribution in [3.63, 3.8) is 0 Å². The largest absolute Gasteiger partial charge is 0.427 e. The molecule has 6 nitrogen and oxygen atoms in total. The minimum Gasteiger partial charge on any atom is -0.427 e. The molecule has 32 heavy (non-hydrogen) atoms. The Morgan fingerprint density at radius 1 is 0.750 bits per heavy atom. The number of hydrogen-bond acceptors (Lipinski definition) is 4. The summed E-state index contributed by atoms with van der Waals surface area (Å²) >= 11 is 0. The SMILES string of the molecule is CC(=O)Oc1cccc(C(=O)Nc2ccc(NC(=O)c3ccc(C(F)(F)F)cc3)cc2)c1. The van der Waals surface area contributed by atoms with Crippen LogP contribution in [0, 0.1) is 0 Å². The topological polar surface area (TPSA) is 84.5 Å². The lowest BCUT2D eigenvalue weighted by atomic mass is 10.1. The summed E-state index contributed by atoms with van der Waals surface area (Å²) in [5.74, 6) is -1.26. The lowest BCUT2D eigenvalue weighted by Gasteiger charge is -2.10. The average molecular weight is 442 g/mol. The van der Waals surface area contributed by atoms with Gasteiger partial charge in [-0.3, -0.25) is 14.4 Å². The molecule has 0 atom stereocenters. The monoisotopic (exact) mass is 442 g/mol. The summed E-state index contributed by atoms with van der Waals surface area (Å²) in [4.78, 5) is 35.7. The zero-order chi connectivity index (χ0) is 23.3. The van der Waals surface area contributed by atoms with E-state index in [1.54, 1.807) is 30.3 Å². The van der Waals surface area contributed by atoms with Crippen molar-refractivity contribution in [1.29, 1.82) is 0 Å². The minimum atomic E-state index is -4.48. The summed E-state index contributed by atoms with van der Waals surface area (Å²) in [6, 6.07) is 16.1. The fraction of sp³-hybridized carbons (Fsp3) is 0.0870. The third kappa shape index (κ3) is 5.94. The number of ether oxygens (including phenoxy) is 1. The van der Waals surface area contributed by atoms with Crippen molar-refractivity contribution >= 4 is 29.2 Å². The number of carbonyl (C=O) groups excluding carboxylic acids is 3. The van der Waals surface area contributed by atoms with E-state index in [1.165, 1.54) is 25.1 Å². The van der Waals surface area contributed by atoms with E-state index in [2.05, 4.69) is 10.6 Å². The second-order valence-electron chi connectivity index (χ2n) is 6.68. The summed E-state index contributed by atoms with van der Waals surface area (Å²) in [5.41, 5.74) is 0.351. The highest BCUT2D eigenvalue weighted by Gasteiger charge is 2.30. The fourth-order valence-electron chi connectivity index (χ4n) is 2.72. The standard InChI is InChI=1S/C23H17F3N2O4/c1-14(29)32-20-4-2-3-16(13-20)22(31)28-19-11-9-18(10-12-19)27-21(30)15-5-7-17(8-6-15)23(24,25)26/h2-13H,1H3,(H,27,30)(H,28,31). The van der Waals surface area contributed by atoms with Crippen LogP contribution in [0.2, 0.25) is 0 Å². The number of nitrogens with one attached hydrogen (secondary N) is 2. The van der Waals surface area contributed by atoms with Gasteiger partial charge in [0.2, 0.25) is 0 Å². The smallest absolute Gasteiger partial charge is 0.416 e. The number of anilines is 2. The van der Waals surface area contributed by atoms with Crippen molar-refractivity contribution in [2.24, 2.45) is 0 Å². The molecule has 0 bridgehead atoms. The number of carbonyl (C=O) groups is 3. The molecule has 0 heterocycles. The quantitative estimate of drug-likeness (QED) is 0.424. The second-order valence-corrected chi connectivity index (χ2v) is 6.68. The molecule has 0 spiro atoms. The first-order valence-corrected chi connectivity index (χ1v) is 9.30. The van der Waals surface area contributed by atoms with E-state index >= 15 is 0 Å². The molecule has 0 saturated carbocycles. The van der Waals surface area contributed by atoms with Crippen molar-refractivity contribution in [3.05, 3.63) is 89.5 Å². The molecular formula is C23H17F3N2O4. The molecule has 0 radical (unpaired) electrons. The number of rotatable bonds is 5. The van der Waals surface area contributed by atoms with Crippen molar-refractivity contribution < 1.29 is 32.3 Å². The molecule has 0 aliphatic rings. The zero-order valence-electron chi connectivity index (χ0n) is 16.7. The van der Waals surface area contributed by atoms with Gasteiger partial charge in [-0.05, 0) is 66.7 Å². The number of hydrogen-bond donors (Lipinski definition) is 2. The van der Waals surface area contributed by atoms with Crippen molar-refractivity contribution in [3.8, 4) is 5.75 Å². The Bertz CT molecular complexity index is 1140. The molecule has 0 saturated heterocycles. The van der Waals surface area contributed by atoms with E-state index in [4.69, 9.17) is 4.74 Å². The van der Waals surface area contributed by atoms with E-state index in [9.17, 15) is 27.6 Å². The summed E-state index contributed by atoms with van der Waals surface area (Å²) in [6.07, 6.45) is -4.48. The van der Waals surface area contributed by atoms with E-state index < -0.39 is 29.5 Å². The number of esters is 1. The summed E-state index contributed by atoms with van der Waals surface area (Å²) < 4.78 is 42.8. The first-order chi connectivity index (χ1) is 15.1. The summed E-state index contributed by atoms with van der Waals surface area (Å²) in [6.45, 7) is 1.25. The van der Waals surface area contributed by atoms with Crippen molar-refractivity contribution in [2.45, 2.75) is 13.1 Å². The van der Waals surface area contributed by atoms with Crippen LogP contribution < -0.4 is 15.4 Å². The van der Waals surface area contributed by atoms with Crippen LogP contribution >= 0.6 is 0 Å². The van der Waals surface area contributed by atoms with Gasteiger partial charge in [0.15, 0.2) is 0 Å². The van der Waals surface area contributed by atoms with Gasteiger partial charge in [0, 0.05) is 29.4 Å². The maximum atomic E-state index is 12.6. The molecule has 3 aromatic rings. The van der Waals surface area contributed by atoms with Crippen LogP contribution in [0.5, 0.6) is 5.75 Å². The van der Waals surface area contributed by atoms with Gasteiger partial charge in [0.1, 0.15) is 5.75 Å². The number of halogens is 3. The molecule has 2 amide bonds. The predicted octanol–water partition coefficient (Wildman–Crippen LogP) is 5.14. The Morgan fingerprint density at radius 2 is 1.28 bits per heavy atom. The molecule has 0 unspecified atom stereocenters. The molecule has 3 rings (SSSR count). The zero-order valence-corrected chi connectivity index (χ0v) is 16.7. The van der Waals surface area contributed by atoms with Crippen LogP contribution in [0.3, 0.4) is 0 Å². The predicted molar refractivity (Wildman–Crippen MR) is 112 cm³/mol. The first kappa shape index (κ1) is 22.5. The van der Waals surface area contributed by atoms with Gasteiger partial charge in [-0.15, -0.1) is 0 Å². The Hall–Kier alpha value is -4.14. The van der Waals surface area contributed by atoms with E-state index in [-0.39, 0.29) is 16.9 Å². The minimum absolute atomic E-state index is 0.0723.